The predicted molar refractivity (Wildman–Crippen MR) is 62.1 cm³/mol. The fourth-order valence-corrected chi connectivity index (χ4v) is 1.79. The third-order valence-corrected chi connectivity index (χ3v) is 2.96. The third kappa shape index (κ3) is 11.7. The lowest BCUT2D eigenvalue weighted by Gasteiger charge is -2.11. The second-order valence-electron chi connectivity index (χ2n) is 3.83. The molecule has 0 aliphatic carbocycles. The minimum Gasteiger partial charge on any atom is -0.371 e. The number of ketones is 2. The lowest BCUT2D eigenvalue weighted by Crippen LogP contribution is -2.07. The van der Waals surface area contributed by atoms with E-state index >= 15 is 0 Å². The van der Waals surface area contributed by atoms with Gasteiger partial charge in [0.1, 0.15) is 24.3 Å². The van der Waals surface area contributed by atoms with Crippen molar-refractivity contribution in [3.8, 4) is 0 Å². The zero-order chi connectivity index (χ0) is 13.3. The molecule has 0 radical (unpaired) electrons. The Labute approximate surface area is 101 Å². The van der Waals surface area contributed by atoms with Gasteiger partial charge in [0.15, 0.2) is 0 Å². The summed E-state index contributed by atoms with van der Waals surface area (Å²) in [6.07, 6.45) is -0.211. The first-order valence-corrected chi connectivity index (χ1v) is 7.32. The molecule has 100 valence electrons. The van der Waals surface area contributed by atoms with Crippen LogP contribution in [0.2, 0.25) is 0 Å². The number of ether oxygens (including phenoxy) is 2. The Morgan fingerprint density at radius 1 is 1.00 bits per heavy atom. The van der Waals surface area contributed by atoms with E-state index in [1.54, 1.807) is 0 Å². The Balaban J connectivity index is 3.62. The number of carbonyl (C=O) groups excluding carboxylic acids is 2. The molecule has 0 spiro atoms. The zero-order valence-corrected chi connectivity index (χ0v) is 11.1. The lowest BCUT2D eigenvalue weighted by atomic mass is 10.3. The first kappa shape index (κ1) is 16.4. The van der Waals surface area contributed by atoms with Crippen molar-refractivity contribution in [1.82, 2.24) is 0 Å². The molecule has 0 heterocycles. The van der Waals surface area contributed by atoms with E-state index in [1.165, 1.54) is 13.8 Å². The van der Waals surface area contributed by atoms with Crippen LogP contribution in [-0.4, -0.2) is 42.4 Å². The SMILES string of the molecule is CC(=O)CCOCP(=O)(O)COCCC(C)=O. The molecule has 0 saturated heterocycles. The first-order valence-electron chi connectivity index (χ1n) is 5.29. The summed E-state index contributed by atoms with van der Waals surface area (Å²) in [4.78, 5) is 30.5. The van der Waals surface area contributed by atoms with Crippen molar-refractivity contribution in [3.63, 3.8) is 0 Å². The van der Waals surface area contributed by atoms with Gasteiger partial charge in [0.25, 0.3) is 0 Å². The minimum absolute atomic E-state index is 0.0320. The molecule has 0 saturated carbocycles. The standard InChI is InChI=1S/C10H19O6P/c1-9(11)3-5-15-7-17(13,14)8-16-6-4-10(2)12/h3-8H2,1-2H3,(H,13,14). The molecular weight excluding hydrogens is 247 g/mol. The molecule has 0 aromatic heterocycles. The molecule has 0 rings (SSSR count). The molecule has 0 aromatic carbocycles. The zero-order valence-electron chi connectivity index (χ0n) is 10.2. The monoisotopic (exact) mass is 266 g/mol. The van der Waals surface area contributed by atoms with Crippen LogP contribution in [0.3, 0.4) is 0 Å². The van der Waals surface area contributed by atoms with Gasteiger partial charge in [-0.05, 0) is 13.8 Å². The molecule has 0 bridgehead atoms. The quantitative estimate of drug-likeness (QED) is 0.471. The van der Waals surface area contributed by atoms with E-state index in [4.69, 9.17) is 9.47 Å². The summed E-state index contributed by atoms with van der Waals surface area (Å²) >= 11 is 0. The van der Waals surface area contributed by atoms with E-state index in [0.717, 1.165) is 0 Å². The molecule has 7 heteroatoms. The van der Waals surface area contributed by atoms with E-state index in [9.17, 15) is 19.0 Å². The maximum absolute atomic E-state index is 11.4. The fourth-order valence-electron chi connectivity index (χ4n) is 0.883. The maximum Gasteiger partial charge on any atom is 0.250 e. The smallest absolute Gasteiger partial charge is 0.250 e. The summed E-state index contributed by atoms with van der Waals surface area (Å²) in [5.41, 5.74) is 0. The topological polar surface area (TPSA) is 89.9 Å². The van der Waals surface area contributed by atoms with E-state index < -0.39 is 7.37 Å². The van der Waals surface area contributed by atoms with Crippen LogP contribution < -0.4 is 0 Å². The van der Waals surface area contributed by atoms with Crippen molar-refractivity contribution in [3.05, 3.63) is 0 Å². The van der Waals surface area contributed by atoms with E-state index in [-0.39, 0.29) is 50.3 Å². The number of hydrogen-bond donors (Lipinski definition) is 1. The van der Waals surface area contributed by atoms with Crippen LogP contribution in [0.4, 0.5) is 0 Å². The van der Waals surface area contributed by atoms with Gasteiger partial charge in [-0.15, -0.1) is 0 Å². The second-order valence-corrected chi connectivity index (χ2v) is 6.03. The molecule has 0 aromatic rings. The van der Waals surface area contributed by atoms with E-state index in [1.807, 2.05) is 0 Å². The van der Waals surface area contributed by atoms with Crippen molar-refractivity contribution in [1.29, 1.82) is 0 Å². The van der Waals surface area contributed by atoms with Crippen molar-refractivity contribution in [2.45, 2.75) is 26.7 Å². The molecule has 0 aliphatic rings. The number of hydrogen-bond acceptors (Lipinski definition) is 5. The Morgan fingerprint density at radius 2 is 1.35 bits per heavy atom. The van der Waals surface area contributed by atoms with Crippen LogP contribution in [-0.2, 0) is 23.6 Å². The largest absolute Gasteiger partial charge is 0.371 e. The van der Waals surface area contributed by atoms with Crippen LogP contribution in [0.25, 0.3) is 0 Å². The average Bonchev–Trinajstić information content (AvgIpc) is 2.19. The third-order valence-electron chi connectivity index (χ3n) is 1.78. The summed E-state index contributed by atoms with van der Waals surface area (Å²) in [6.45, 7) is 3.11. The normalized spacial score (nSPS) is 11.5. The number of Topliss-reactive ketones (excluding diaryl/α,β-unsaturated/α-hetero) is 2. The van der Waals surface area contributed by atoms with Gasteiger partial charge >= 0.3 is 0 Å². The van der Waals surface area contributed by atoms with Gasteiger partial charge in [-0.2, -0.15) is 0 Å². The fraction of sp³-hybridized carbons (Fsp3) is 0.800. The van der Waals surface area contributed by atoms with Gasteiger partial charge in [-0.3, -0.25) is 14.2 Å². The summed E-state index contributed by atoms with van der Waals surface area (Å²) in [5, 5.41) is 0. The maximum atomic E-state index is 11.4. The summed E-state index contributed by atoms with van der Waals surface area (Å²) < 4.78 is 21.3. The molecule has 0 aliphatic heterocycles. The van der Waals surface area contributed by atoms with Gasteiger partial charge in [0.05, 0.1) is 13.2 Å². The van der Waals surface area contributed by atoms with Crippen LogP contribution in [0.5, 0.6) is 0 Å². The van der Waals surface area contributed by atoms with Gasteiger partial charge in [0.2, 0.25) is 7.37 Å². The molecule has 0 atom stereocenters. The van der Waals surface area contributed by atoms with Gasteiger partial charge in [-0.25, -0.2) is 0 Å². The highest BCUT2D eigenvalue weighted by molar-refractivity contribution is 7.57. The predicted octanol–water partition coefficient (Wildman–Crippen LogP) is 1.16. The van der Waals surface area contributed by atoms with Crippen LogP contribution in [0.1, 0.15) is 26.7 Å². The highest BCUT2D eigenvalue weighted by atomic mass is 31.2. The second kappa shape index (κ2) is 8.53. The minimum atomic E-state index is -3.48. The highest BCUT2D eigenvalue weighted by Gasteiger charge is 2.18. The van der Waals surface area contributed by atoms with Crippen LogP contribution in [0, 0.1) is 0 Å². The first-order chi connectivity index (χ1) is 7.83. The molecule has 0 fully saturated rings. The summed E-state index contributed by atoms with van der Waals surface area (Å²) in [5.74, 6) is -0.0639. The Kier molecular flexibility index (Phi) is 8.25. The van der Waals surface area contributed by atoms with Gasteiger partial charge < -0.3 is 14.4 Å². The van der Waals surface area contributed by atoms with Gasteiger partial charge in [0, 0.05) is 12.8 Å². The van der Waals surface area contributed by atoms with Crippen molar-refractivity contribution < 1.29 is 28.5 Å². The van der Waals surface area contributed by atoms with Crippen molar-refractivity contribution >= 4 is 18.9 Å². The molecule has 1 N–H and O–H groups in total. The summed E-state index contributed by atoms with van der Waals surface area (Å²) in [6, 6.07) is 0. The highest BCUT2D eigenvalue weighted by Crippen LogP contribution is 2.40. The molecule has 17 heavy (non-hydrogen) atoms. The average molecular weight is 266 g/mol. The molecular formula is C10H19O6P. The molecule has 0 unspecified atom stereocenters. The van der Waals surface area contributed by atoms with Crippen molar-refractivity contribution in [2.24, 2.45) is 0 Å². The molecule has 6 nitrogen and oxygen atoms in total. The van der Waals surface area contributed by atoms with E-state index in [2.05, 4.69) is 0 Å². The Morgan fingerprint density at radius 3 is 1.65 bits per heavy atom. The van der Waals surface area contributed by atoms with Crippen LogP contribution >= 0.6 is 7.37 Å². The lowest BCUT2D eigenvalue weighted by molar-refractivity contribution is -0.118. The van der Waals surface area contributed by atoms with Crippen molar-refractivity contribution in [2.75, 3.05) is 25.9 Å². The summed E-state index contributed by atoms with van der Waals surface area (Å²) in [7, 11) is -3.48. The number of carbonyl (C=O) groups is 2. The van der Waals surface area contributed by atoms with E-state index in [0.29, 0.717) is 0 Å². The Bertz CT molecular complexity index is 275. The van der Waals surface area contributed by atoms with Gasteiger partial charge in [-0.1, -0.05) is 0 Å². The molecule has 0 amide bonds. The van der Waals surface area contributed by atoms with Crippen LogP contribution in [0.15, 0.2) is 0 Å². The Hall–Kier alpha value is -0.550. The number of rotatable bonds is 10.